The molecule has 0 saturated carbocycles. The van der Waals surface area contributed by atoms with Gasteiger partial charge in [-0.25, -0.2) is 0 Å². The number of amides is 1. The highest BCUT2D eigenvalue weighted by atomic mass is 35.5. The van der Waals surface area contributed by atoms with Gasteiger partial charge >= 0.3 is 0 Å². The van der Waals surface area contributed by atoms with Crippen molar-refractivity contribution in [2.24, 2.45) is 0 Å². The topological polar surface area (TPSA) is 64.3 Å². The first-order valence-corrected chi connectivity index (χ1v) is 7.78. The number of carbonyl (C=O) groups excluding carboxylic acids is 1. The molecule has 3 N–H and O–H groups in total. The molecule has 21 heavy (non-hydrogen) atoms. The van der Waals surface area contributed by atoms with Gasteiger partial charge in [-0.3, -0.25) is 4.79 Å². The van der Waals surface area contributed by atoms with Gasteiger partial charge in [0.2, 0.25) is 0 Å². The van der Waals surface area contributed by atoms with Crippen LogP contribution in [0.1, 0.15) is 35.1 Å². The largest absolute Gasteiger partial charge is 0.494 e. The number of hydrogen-bond donors (Lipinski definition) is 2. The molecule has 0 aliphatic rings. The van der Waals surface area contributed by atoms with Gasteiger partial charge in [0.15, 0.2) is 0 Å². The van der Waals surface area contributed by atoms with Crippen LogP contribution in [0.3, 0.4) is 0 Å². The summed E-state index contributed by atoms with van der Waals surface area (Å²) >= 11 is 7.36. The van der Waals surface area contributed by atoms with E-state index in [9.17, 15) is 4.79 Å². The second kappa shape index (κ2) is 6.83. The van der Waals surface area contributed by atoms with Crippen molar-refractivity contribution in [2.75, 3.05) is 12.3 Å². The molecule has 6 heteroatoms. The highest BCUT2D eigenvalue weighted by Gasteiger charge is 2.14. The zero-order valence-corrected chi connectivity index (χ0v) is 13.4. The second-order valence-electron chi connectivity index (χ2n) is 4.56. The summed E-state index contributed by atoms with van der Waals surface area (Å²) in [6, 6.07) is 8.62. The fourth-order valence-corrected chi connectivity index (χ4v) is 2.98. The maximum absolute atomic E-state index is 12.3. The van der Waals surface area contributed by atoms with E-state index >= 15 is 0 Å². The summed E-state index contributed by atoms with van der Waals surface area (Å²) in [5.74, 6) is 0.398. The van der Waals surface area contributed by atoms with Crippen molar-refractivity contribution >= 4 is 34.5 Å². The number of anilines is 1. The minimum atomic E-state index is -0.194. The van der Waals surface area contributed by atoms with Crippen molar-refractivity contribution in [3.63, 3.8) is 0 Å². The van der Waals surface area contributed by atoms with Crippen molar-refractivity contribution in [1.29, 1.82) is 0 Å². The molecule has 1 aromatic heterocycles. The lowest BCUT2D eigenvalue weighted by atomic mass is 10.1. The molecule has 1 unspecified atom stereocenters. The third-order valence-corrected chi connectivity index (χ3v) is 4.28. The zero-order chi connectivity index (χ0) is 15.4. The number of nitrogens with two attached hydrogens (primary N) is 1. The van der Waals surface area contributed by atoms with Crippen LogP contribution in [0.5, 0.6) is 5.75 Å². The average Bonchev–Trinajstić information content (AvgIpc) is 2.85. The van der Waals surface area contributed by atoms with E-state index in [1.54, 1.807) is 18.2 Å². The summed E-state index contributed by atoms with van der Waals surface area (Å²) in [5.41, 5.74) is 6.78. The van der Waals surface area contributed by atoms with E-state index < -0.39 is 0 Å². The predicted octanol–water partition coefficient (Wildman–Crippen LogP) is 3.87. The van der Waals surface area contributed by atoms with Crippen molar-refractivity contribution in [3.8, 4) is 5.75 Å². The predicted molar refractivity (Wildman–Crippen MR) is 87.2 cm³/mol. The van der Waals surface area contributed by atoms with Gasteiger partial charge in [-0.05, 0) is 38.1 Å². The summed E-state index contributed by atoms with van der Waals surface area (Å²) < 4.78 is 6.10. The van der Waals surface area contributed by atoms with Crippen LogP contribution in [-0.2, 0) is 0 Å². The van der Waals surface area contributed by atoms with Gasteiger partial charge in [0.25, 0.3) is 5.91 Å². The SMILES string of the molecule is CCOc1cc(N)cc(C(=O)NC(C)c2ccc(Cl)s2)c1. The first-order valence-electron chi connectivity index (χ1n) is 6.59. The highest BCUT2D eigenvalue weighted by Crippen LogP contribution is 2.27. The lowest BCUT2D eigenvalue weighted by Crippen LogP contribution is -2.26. The van der Waals surface area contributed by atoms with Crippen LogP contribution in [0.2, 0.25) is 4.34 Å². The molecule has 0 fully saturated rings. The normalized spacial score (nSPS) is 12.0. The number of carbonyl (C=O) groups is 1. The Bertz CT molecular complexity index is 642. The standard InChI is InChI=1S/C15H17ClN2O2S/c1-3-20-12-7-10(6-11(17)8-12)15(19)18-9(2)13-4-5-14(16)21-13/h4-9H,3,17H2,1-2H3,(H,18,19). The van der Waals surface area contributed by atoms with Crippen molar-refractivity contribution in [3.05, 3.63) is 45.1 Å². The van der Waals surface area contributed by atoms with E-state index in [4.69, 9.17) is 22.1 Å². The van der Waals surface area contributed by atoms with Gasteiger partial charge in [0.1, 0.15) is 5.75 Å². The van der Waals surface area contributed by atoms with Gasteiger partial charge in [-0.2, -0.15) is 0 Å². The molecule has 0 aliphatic carbocycles. The maximum atomic E-state index is 12.3. The van der Waals surface area contributed by atoms with Crippen molar-refractivity contribution in [1.82, 2.24) is 5.32 Å². The van der Waals surface area contributed by atoms with Crippen molar-refractivity contribution < 1.29 is 9.53 Å². The number of nitrogens with one attached hydrogen (secondary N) is 1. The Hall–Kier alpha value is -1.72. The fourth-order valence-electron chi connectivity index (χ4n) is 1.92. The Labute approximate surface area is 132 Å². The van der Waals surface area contributed by atoms with Gasteiger partial charge in [0, 0.05) is 22.2 Å². The van der Waals surface area contributed by atoms with Crippen LogP contribution in [0.4, 0.5) is 5.69 Å². The molecule has 0 aliphatic heterocycles. The number of hydrogen-bond acceptors (Lipinski definition) is 4. The first kappa shape index (κ1) is 15.7. The Morgan fingerprint density at radius 3 is 2.81 bits per heavy atom. The molecule has 2 aromatic rings. The molecule has 0 radical (unpaired) electrons. The molecular formula is C15H17ClN2O2S. The quantitative estimate of drug-likeness (QED) is 0.820. The Morgan fingerprint density at radius 2 is 2.19 bits per heavy atom. The lowest BCUT2D eigenvalue weighted by molar-refractivity contribution is 0.0940. The molecule has 0 spiro atoms. The molecule has 2 rings (SSSR count). The van der Waals surface area contributed by atoms with E-state index in [-0.39, 0.29) is 11.9 Å². The lowest BCUT2D eigenvalue weighted by Gasteiger charge is -2.13. The van der Waals surface area contributed by atoms with Crippen LogP contribution < -0.4 is 15.8 Å². The highest BCUT2D eigenvalue weighted by molar-refractivity contribution is 7.16. The number of nitrogen functional groups attached to an aromatic ring is 1. The third-order valence-electron chi connectivity index (χ3n) is 2.87. The minimum Gasteiger partial charge on any atom is -0.494 e. The average molecular weight is 325 g/mol. The summed E-state index contributed by atoms with van der Waals surface area (Å²) in [5, 5.41) is 2.92. The molecule has 1 aromatic carbocycles. The van der Waals surface area contributed by atoms with Crippen LogP contribution in [0.25, 0.3) is 0 Å². The third kappa shape index (κ3) is 4.12. The van der Waals surface area contributed by atoms with E-state index in [2.05, 4.69) is 5.32 Å². The van der Waals surface area contributed by atoms with E-state index in [1.165, 1.54) is 11.3 Å². The summed E-state index contributed by atoms with van der Waals surface area (Å²) in [6.45, 7) is 4.32. The molecule has 4 nitrogen and oxygen atoms in total. The van der Waals surface area contributed by atoms with E-state index in [1.807, 2.05) is 26.0 Å². The molecule has 112 valence electrons. The molecule has 0 saturated heterocycles. The first-order chi connectivity index (χ1) is 9.99. The smallest absolute Gasteiger partial charge is 0.251 e. The fraction of sp³-hybridized carbons (Fsp3) is 0.267. The minimum absolute atomic E-state index is 0.119. The molecular weight excluding hydrogens is 308 g/mol. The number of ether oxygens (including phenoxy) is 1. The number of benzene rings is 1. The Morgan fingerprint density at radius 1 is 1.43 bits per heavy atom. The summed E-state index contributed by atoms with van der Waals surface area (Å²) in [6.07, 6.45) is 0. The van der Waals surface area contributed by atoms with E-state index in [0.29, 0.717) is 27.9 Å². The molecule has 1 amide bonds. The monoisotopic (exact) mass is 324 g/mol. The molecule has 0 bridgehead atoms. The Kier molecular flexibility index (Phi) is 5.09. The molecule has 1 heterocycles. The zero-order valence-electron chi connectivity index (χ0n) is 11.9. The maximum Gasteiger partial charge on any atom is 0.251 e. The van der Waals surface area contributed by atoms with Crippen LogP contribution >= 0.6 is 22.9 Å². The number of thiophene rings is 1. The van der Waals surface area contributed by atoms with E-state index in [0.717, 1.165) is 4.88 Å². The number of rotatable bonds is 5. The van der Waals surface area contributed by atoms with Crippen LogP contribution in [0.15, 0.2) is 30.3 Å². The molecule has 1 atom stereocenters. The van der Waals surface area contributed by atoms with Crippen LogP contribution in [0, 0.1) is 0 Å². The van der Waals surface area contributed by atoms with Gasteiger partial charge in [-0.15, -0.1) is 11.3 Å². The summed E-state index contributed by atoms with van der Waals surface area (Å²) in [7, 11) is 0. The second-order valence-corrected chi connectivity index (χ2v) is 6.31. The van der Waals surface area contributed by atoms with Crippen LogP contribution in [-0.4, -0.2) is 12.5 Å². The van der Waals surface area contributed by atoms with Gasteiger partial charge in [-0.1, -0.05) is 11.6 Å². The van der Waals surface area contributed by atoms with Gasteiger partial charge < -0.3 is 15.8 Å². The summed E-state index contributed by atoms with van der Waals surface area (Å²) in [4.78, 5) is 13.3. The van der Waals surface area contributed by atoms with Gasteiger partial charge in [0.05, 0.1) is 17.0 Å². The van der Waals surface area contributed by atoms with Crippen molar-refractivity contribution in [2.45, 2.75) is 19.9 Å². The number of halogens is 1. The Balaban J connectivity index is 2.12.